The van der Waals surface area contributed by atoms with Crippen LogP contribution in [-0.4, -0.2) is 11.7 Å². The van der Waals surface area contributed by atoms with Crippen LogP contribution in [0.3, 0.4) is 0 Å². The Morgan fingerprint density at radius 1 is 1.29 bits per heavy atom. The van der Waals surface area contributed by atoms with E-state index in [2.05, 4.69) is 6.07 Å². The zero-order valence-corrected chi connectivity index (χ0v) is 12.3. The first kappa shape index (κ1) is 15.0. The lowest BCUT2D eigenvalue weighted by Gasteiger charge is -2.07. The van der Waals surface area contributed by atoms with Crippen LogP contribution in [0, 0.1) is 11.3 Å². The van der Waals surface area contributed by atoms with Crippen LogP contribution in [0.25, 0.3) is 11.6 Å². The highest BCUT2D eigenvalue weighted by Gasteiger charge is 2.05. The van der Waals surface area contributed by atoms with Gasteiger partial charge in [0.1, 0.15) is 0 Å². The third-order valence-corrected chi connectivity index (χ3v) is 3.12. The highest BCUT2D eigenvalue weighted by Crippen LogP contribution is 2.29. The Morgan fingerprint density at radius 3 is 2.62 bits per heavy atom. The minimum atomic E-state index is 0.0824. The number of benzene rings is 2. The van der Waals surface area contributed by atoms with Gasteiger partial charge in [-0.25, -0.2) is 0 Å². The number of phenolic OH excluding ortho intramolecular Hbond substituents is 1. The van der Waals surface area contributed by atoms with Crippen molar-refractivity contribution >= 4 is 23.3 Å². The molecule has 0 atom stereocenters. The van der Waals surface area contributed by atoms with Crippen molar-refractivity contribution in [1.29, 1.82) is 5.26 Å². The number of aromatic hydroxyl groups is 1. The highest BCUT2D eigenvalue weighted by atomic mass is 35.5. The SMILES string of the molecule is CCOc1cc(/C=C(/C#N)c2ccc(Cl)cc2)ccc1O. The topological polar surface area (TPSA) is 53.2 Å². The molecule has 0 spiro atoms. The summed E-state index contributed by atoms with van der Waals surface area (Å²) >= 11 is 5.85. The summed E-state index contributed by atoms with van der Waals surface area (Å²) in [7, 11) is 0. The quantitative estimate of drug-likeness (QED) is 0.667. The lowest BCUT2D eigenvalue weighted by Crippen LogP contribution is -1.92. The van der Waals surface area contributed by atoms with E-state index in [0.29, 0.717) is 23.0 Å². The molecule has 2 aromatic rings. The number of halogens is 1. The molecule has 3 nitrogen and oxygen atoms in total. The van der Waals surface area contributed by atoms with E-state index in [1.54, 1.807) is 48.5 Å². The van der Waals surface area contributed by atoms with Crippen LogP contribution in [0.1, 0.15) is 18.1 Å². The van der Waals surface area contributed by atoms with E-state index in [4.69, 9.17) is 16.3 Å². The molecule has 106 valence electrons. The Balaban J connectivity index is 2.38. The van der Waals surface area contributed by atoms with Crippen molar-refractivity contribution in [1.82, 2.24) is 0 Å². The molecule has 0 radical (unpaired) electrons. The molecule has 0 aromatic heterocycles. The van der Waals surface area contributed by atoms with Gasteiger partial charge in [0, 0.05) is 5.02 Å². The van der Waals surface area contributed by atoms with Crippen molar-refractivity contribution in [2.75, 3.05) is 6.61 Å². The molecule has 0 bridgehead atoms. The van der Waals surface area contributed by atoms with Gasteiger partial charge >= 0.3 is 0 Å². The highest BCUT2D eigenvalue weighted by molar-refractivity contribution is 6.30. The summed E-state index contributed by atoms with van der Waals surface area (Å²) in [6, 6.07) is 14.2. The van der Waals surface area contributed by atoms with Gasteiger partial charge in [0.15, 0.2) is 11.5 Å². The van der Waals surface area contributed by atoms with E-state index < -0.39 is 0 Å². The number of nitrogens with zero attached hydrogens (tertiary/aromatic N) is 1. The maximum absolute atomic E-state index is 9.68. The average molecular weight is 300 g/mol. The molecule has 0 amide bonds. The monoisotopic (exact) mass is 299 g/mol. The van der Waals surface area contributed by atoms with Crippen molar-refractivity contribution in [3.8, 4) is 17.6 Å². The number of nitriles is 1. The van der Waals surface area contributed by atoms with Crippen LogP contribution in [0.2, 0.25) is 5.02 Å². The van der Waals surface area contributed by atoms with Gasteiger partial charge in [-0.1, -0.05) is 29.8 Å². The zero-order chi connectivity index (χ0) is 15.2. The second-order valence-corrected chi connectivity index (χ2v) is 4.77. The van der Waals surface area contributed by atoms with Crippen molar-refractivity contribution in [2.45, 2.75) is 6.92 Å². The van der Waals surface area contributed by atoms with Crippen LogP contribution < -0.4 is 4.74 Å². The first-order valence-electron chi connectivity index (χ1n) is 6.47. The molecule has 0 fully saturated rings. The second-order valence-electron chi connectivity index (χ2n) is 4.34. The number of ether oxygens (including phenoxy) is 1. The maximum atomic E-state index is 9.68. The van der Waals surface area contributed by atoms with Crippen LogP contribution in [-0.2, 0) is 0 Å². The van der Waals surface area contributed by atoms with Gasteiger partial charge in [-0.3, -0.25) is 0 Å². The predicted octanol–water partition coefficient (Wildman–Crippen LogP) is 4.51. The van der Waals surface area contributed by atoms with Crippen LogP contribution >= 0.6 is 11.6 Å². The summed E-state index contributed by atoms with van der Waals surface area (Å²) in [6.45, 7) is 2.30. The molecule has 1 N–H and O–H groups in total. The lowest BCUT2D eigenvalue weighted by atomic mass is 10.0. The molecule has 0 saturated carbocycles. The average Bonchev–Trinajstić information content (AvgIpc) is 2.49. The summed E-state index contributed by atoms with van der Waals surface area (Å²) in [5, 5.41) is 19.6. The van der Waals surface area contributed by atoms with Gasteiger partial charge in [-0.2, -0.15) is 5.26 Å². The summed E-state index contributed by atoms with van der Waals surface area (Å²) in [5.41, 5.74) is 2.08. The molecule has 0 aliphatic rings. The molecule has 0 unspecified atom stereocenters. The molecular formula is C17H14ClNO2. The first-order chi connectivity index (χ1) is 10.1. The van der Waals surface area contributed by atoms with E-state index in [0.717, 1.165) is 11.1 Å². The second kappa shape index (κ2) is 6.83. The third-order valence-electron chi connectivity index (χ3n) is 2.87. The smallest absolute Gasteiger partial charge is 0.161 e. The standard InChI is InChI=1S/C17H14ClNO2/c1-2-21-17-10-12(3-8-16(17)20)9-14(11-19)13-4-6-15(18)7-5-13/h3-10,20H,2H2,1H3/b14-9-. The third kappa shape index (κ3) is 3.77. The van der Waals surface area contributed by atoms with Crippen LogP contribution in [0.5, 0.6) is 11.5 Å². The van der Waals surface area contributed by atoms with Crippen molar-refractivity contribution in [3.05, 3.63) is 58.6 Å². The lowest BCUT2D eigenvalue weighted by molar-refractivity contribution is 0.318. The van der Waals surface area contributed by atoms with Crippen LogP contribution in [0.15, 0.2) is 42.5 Å². The zero-order valence-electron chi connectivity index (χ0n) is 11.5. The van der Waals surface area contributed by atoms with Gasteiger partial charge in [0.25, 0.3) is 0 Å². The minimum absolute atomic E-state index is 0.0824. The fraction of sp³-hybridized carbons (Fsp3) is 0.118. The summed E-state index contributed by atoms with van der Waals surface area (Å²) in [4.78, 5) is 0. The largest absolute Gasteiger partial charge is 0.504 e. The Hall–Kier alpha value is -2.44. The molecule has 0 aliphatic heterocycles. The van der Waals surface area contributed by atoms with Crippen molar-refractivity contribution in [3.63, 3.8) is 0 Å². The molecule has 4 heteroatoms. The fourth-order valence-electron chi connectivity index (χ4n) is 1.87. The summed E-state index contributed by atoms with van der Waals surface area (Å²) in [5.74, 6) is 0.485. The Bertz CT molecular complexity index is 700. The van der Waals surface area contributed by atoms with Gasteiger partial charge in [0.05, 0.1) is 18.2 Å². The van der Waals surface area contributed by atoms with Gasteiger partial charge in [-0.05, 0) is 48.4 Å². The van der Waals surface area contributed by atoms with Gasteiger partial charge in [0.2, 0.25) is 0 Å². The molecule has 2 aromatic carbocycles. The van der Waals surface area contributed by atoms with E-state index in [-0.39, 0.29) is 5.75 Å². The number of allylic oxidation sites excluding steroid dienone is 1. The summed E-state index contributed by atoms with van der Waals surface area (Å²) in [6.07, 6.45) is 1.74. The predicted molar refractivity (Wildman–Crippen MR) is 84.2 cm³/mol. The summed E-state index contributed by atoms with van der Waals surface area (Å²) < 4.78 is 5.33. The Labute approximate surface area is 128 Å². The fourth-order valence-corrected chi connectivity index (χ4v) is 1.99. The van der Waals surface area contributed by atoms with Gasteiger partial charge in [-0.15, -0.1) is 0 Å². The van der Waals surface area contributed by atoms with E-state index >= 15 is 0 Å². The molecular weight excluding hydrogens is 286 g/mol. The normalized spacial score (nSPS) is 11.0. The minimum Gasteiger partial charge on any atom is -0.504 e. The molecule has 0 aliphatic carbocycles. The molecule has 21 heavy (non-hydrogen) atoms. The Morgan fingerprint density at radius 2 is 2.00 bits per heavy atom. The van der Waals surface area contributed by atoms with Gasteiger partial charge < -0.3 is 9.84 Å². The van der Waals surface area contributed by atoms with E-state index in [1.807, 2.05) is 6.92 Å². The number of phenols is 1. The number of rotatable bonds is 4. The van der Waals surface area contributed by atoms with Crippen molar-refractivity contribution in [2.24, 2.45) is 0 Å². The molecule has 0 heterocycles. The Kier molecular flexibility index (Phi) is 4.86. The molecule has 0 saturated heterocycles. The van der Waals surface area contributed by atoms with Crippen LogP contribution in [0.4, 0.5) is 0 Å². The first-order valence-corrected chi connectivity index (χ1v) is 6.85. The number of hydrogen-bond donors (Lipinski definition) is 1. The van der Waals surface area contributed by atoms with E-state index in [9.17, 15) is 10.4 Å². The van der Waals surface area contributed by atoms with E-state index in [1.165, 1.54) is 0 Å². The molecule has 2 rings (SSSR count). The van der Waals surface area contributed by atoms with Crippen molar-refractivity contribution < 1.29 is 9.84 Å². The maximum Gasteiger partial charge on any atom is 0.161 e. The number of hydrogen-bond acceptors (Lipinski definition) is 3.